The molecule has 2 aliphatic rings. The number of halogens is 1. The number of nitrogens with two attached hydrogens (primary N) is 1. The number of aryl methyl sites for hydroxylation is 1. The van der Waals surface area contributed by atoms with Crippen LogP contribution in [0.1, 0.15) is 11.4 Å². The van der Waals surface area contributed by atoms with E-state index in [1.165, 1.54) is 7.11 Å². The van der Waals surface area contributed by atoms with Gasteiger partial charge in [0, 0.05) is 37.2 Å². The van der Waals surface area contributed by atoms with Crippen molar-refractivity contribution in [2.75, 3.05) is 30.9 Å². The van der Waals surface area contributed by atoms with E-state index in [9.17, 15) is 4.39 Å². The summed E-state index contributed by atoms with van der Waals surface area (Å²) < 4.78 is 19.1. The third kappa shape index (κ3) is 2.78. The lowest BCUT2D eigenvalue weighted by atomic mass is 9.85. The largest absolute Gasteiger partial charge is 0.479 e. The second-order valence-corrected chi connectivity index (χ2v) is 7.64. The molecule has 0 spiro atoms. The lowest BCUT2D eigenvalue weighted by molar-refractivity contribution is 0.266. The minimum absolute atomic E-state index is 0.0463. The first-order chi connectivity index (χ1) is 12.5. The second kappa shape index (κ2) is 6.60. The van der Waals surface area contributed by atoms with Crippen molar-refractivity contribution in [2.24, 2.45) is 11.7 Å². The highest BCUT2D eigenvalue weighted by Crippen LogP contribution is 2.43. The van der Waals surface area contributed by atoms with Crippen LogP contribution in [-0.4, -0.2) is 51.4 Å². The van der Waals surface area contributed by atoms with Crippen LogP contribution in [0.15, 0.2) is 18.6 Å². The molecule has 2 aromatic heterocycles. The number of hydrogen-bond acceptors (Lipinski definition) is 9. The van der Waals surface area contributed by atoms with Gasteiger partial charge in [0.05, 0.1) is 30.2 Å². The van der Waals surface area contributed by atoms with Gasteiger partial charge in [-0.2, -0.15) is 9.37 Å². The first-order valence-electron chi connectivity index (χ1n) is 8.28. The predicted molar refractivity (Wildman–Crippen MR) is 96.3 cm³/mol. The van der Waals surface area contributed by atoms with Crippen LogP contribution < -0.4 is 20.7 Å². The average Bonchev–Trinajstić information content (AvgIpc) is 3.04. The summed E-state index contributed by atoms with van der Waals surface area (Å²) in [7, 11) is 1.40. The molecule has 138 valence electrons. The van der Waals surface area contributed by atoms with Crippen molar-refractivity contribution in [1.29, 1.82) is 0 Å². The summed E-state index contributed by atoms with van der Waals surface area (Å²) in [4.78, 5) is 19.3. The quantitative estimate of drug-likeness (QED) is 0.797. The van der Waals surface area contributed by atoms with Crippen LogP contribution in [0.25, 0.3) is 0 Å². The average molecular weight is 377 g/mol. The highest BCUT2D eigenvalue weighted by atomic mass is 32.2. The molecule has 8 nitrogen and oxygen atoms in total. The third-order valence-electron chi connectivity index (χ3n) is 4.93. The number of ether oxygens (including phenoxy) is 1. The van der Waals surface area contributed by atoms with E-state index in [2.05, 4.69) is 25.3 Å². The Kier molecular flexibility index (Phi) is 4.41. The molecule has 3 N–H and O–H groups in total. The van der Waals surface area contributed by atoms with Gasteiger partial charge in [-0.1, -0.05) is 0 Å². The van der Waals surface area contributed by atoms with Crippen LogP contribution in [0.2, 0.25) is 0 Å². The molecule has 4 heterocycles. The van der Waals surface area contributed by atoms with Gasteiger partial charge in [0.1, 0.15) is 5.50 Å². The number of rotatable bonds is 3. The summed E-state index contributed by atoms with van der Waals surface area (Å²) in [6.45, 7) is 2.88. The van der Waals surface area contributed by atoms with Crippen LogP contribution in [0.3, 0.4) is 0 Å². The van der Waals surface area contributed by atoms with Gasteiger partial charge in [0.25, 0.3) is 5.88 Å². The maximum atomic E-state index is 14.0. The zero-order valence-corrected chi connectivity index (χ0v) is 15.3. The summed E-state index contributed by atoms with van der Waals surface area (Å²) in [5.74, 6) is 0.975. The van der Waals surface area contributed by atoms with E-state index in [0.29, 0.717) is 19.0 Å². The molecule has 0 radical (unpaired) electrons. The van der Waals surface area contributed by atoms with E-state index in [1.54, 1.807) is 37.3 Å². The Hall–Kier alpha value is -2.04. The van der Waals surface area contributed by atoms with Gasteiger partial charge in [0.15, 0.2) is 0 Å². The fourth-order valence-corrected chi connectivity index (χ4v) is 4.75. The van der Waals surface area contributed by atoms with Crippen molar-refractivity contribution in [1.82, 2.24) is 25.3 Å². The fraction of sp³-hybridized carbons (Fsp3) is 0.500. The molecule has 1 unspecified atom stereocenters. The highest BCUT2D eigenvalue weighted by molar-refractivity contribution is 7.99. The van der Waals surface area contributed by atoms with E-state index < -0.39 is 11.4 Å². The van der Waals surface area contributed by atoms with Crippen molar-refractivity contribution < 1.29 is 9.13 Å². The second-order valence-electron chi connectivity index (χ2n) is 6.47. The topological polar surface area (TPSA) is 102 Å². The Morgan fingerprint density at radius 3 is 3.00 bits per heavy atom. The maximum Gasteiger partial charge on any atom is 0.255 e. The minimum Gasteiger partial charge on any atom is -0.479 e. The zero-order valence-electron chi connectivity index (χ0n) is 14.5. The molecule has 2 saturated heterocycles. The molecular weight excluding hydrogens is 357 g/mol. The summed E-state index contributed by atoms with van der Waals surface area (Å²) in [5, 5.41) is 3.50. The van der Waals surface area contributed by atoms with E-state index in [4.69, 9.17) is 10.5 Å². The Balaban J connectivity index is 1.73. The van der Waals surface area contributed by atoms with Gasteiger partial charge in [-0.05, 0) is 6.92 Å². The molecule has 2 aromatic rings. The first kappa shape index (κ1) is 17.4. The number of nitrogens with zero attached hydrogens (tertiary/aromatic N) is 5. The highest BCUT2D eigenvalue weighted by Gasteiger charge is 2.52. The molecule has 0 amide bonds. The van der Waals surface area contributed by atoms with E-state index in [0.717, 1.165) is 11.4 Å². The molecule has 0 aromatic carbocycles. The number of thioether (sulfide) groups is 1. The van der Waals surface area contributed by atoms with Crippen molar-refractivity contribution in [3.63, 3.8) is 0 Å². The molecule has 10 heteroatoms. The van der Waals surface area contributed by atoms with Crippen molar-refractivity contribution >= 4 is 17.7 Å². The summed E-state index contributed by atoms with van der Waals surface area (Å²) >= 11 is 1.66. The van der Waals surface area contributed by atoms with Crippen molar-refractivity contribution in [3.05, 3.63) is 35.8 Å². The Bertz CT molecular complexity index is 811. The first-order valence-corrected chi connectivity index (χ1v) is 9.33. The number of hydrogen-bond donors (Lipinski definition) is 2. The van der Waals surface area contributed by atoms with Gasteiger partial charge in [-0.25, -0.2) is 4.98 Å². The summed E-state index contributed by atoms with van der Waals surface area (Å²) in [6.07, 6.45) is 5.10. The van der Waals surface area contributed by atoms with E-state index >= 15 is 0 Å². The molecule has 0 aliphatic carbocycles. The molecule has 26 heavy (non-hydrogen) atoms. The van der Waals surface area contributed by atoms with Crippen LogP contribution in [0.4, 0.5) is 10.3 Å². The van der Waals surface area contributed by atoms with Crippen molar-refractivity contribution in [3.8, 4) is 5.88 Å². The summed E-state index contributed by atoms with van der Waals surface area (Å²) in [6, 6.07) is 0. The molecule has 2 fully saturated rings. The van der Waals surface area contributed by atoms with Crippen LogP contribution >= 0.6 is 11.8 Å². The predicted octanol–water partition coefficient (Wildman–Crippen LogP) is 0.633. The number of aromatic nitrogens is 4. The normalized spacial score (nSPS) is 28.1. The van der Waals surface area contributed by atoms with Gasteiger partial charge in [-0.3, -0.25) is 15.3 Å². The molecule has 0 bridgehead atoms. The number of methoxy groups -OCH3 is 1. The molecule has 4 rings (SSSR count). The van der Waals surface area contributed by atoms with Gasteiger partial charge < -0.3 is 15.4 Å². The van der Waals surface area contributed by atoms with Crippen molar-refractivity contribution in [2.45, 2.75) is 18.0 Å². The van der Waals surface area contributed by atoms with Crippen LogP contribution in [0, 0.1) is 18.7 Å². The van der Waals surface area contributed by atoms with E-state index in [-0.39, 0.29) is 23.0 Å². The minimum atomic E-state index is -0.535. The summed E-state index contributed by atoms with van der Waals surface area (Å²) in [5.41, 5.74) is 6.63. The van der Waals surface area contributed by atoms with Crippen LogP contribution in [-0.2, 0) is 5.54 Å². The number of fused-ring (bicyclic) bond motifs is 1. The lowest BCUT2D eigenvalue weighted by Gasteiger charge is -2.41. The lowest BCUT2D eigenvalue weighted by Crippen LogP contribution is -2.59. The zero-order chi connectivity index (χ0) is 18.3. The Morgan fingerprint density at radius 1 is 1.42 bits per heavy atom. The SMILES string of the molecule is COc1nc(N2C[C@H]3CSC(N)N[C@@]3(c3cnccn3)C2)nc(C)c1F. The Labute approximate surface area is 154 Å². The van der Waals surface area contributed by atoms with Gasteiger partial charge in [0.2, 0.25) is 11.8 Å². The number of anilines is 1. The molecule has 0 saturated carbocycles. The fourth-order valence-electron chi connectivity index (χ4n) is 3.63. The monoisotopic (exact) mass is 377 g/mol. The van der Waals surface area contributed by atoms with Crippen LogP contribution in [0.5, 0.6) is 5.88 Å². The van der Waals surface area contributed by atoms with Gasteiger partial charge >= 0.3 is 0 Å². The standard InChI is InChI=1S/C16H20FN7OS/c1-9-12(17)13(25-2)22-15(21-9)24-6-10-7-26-14(18)23-16(10,8-24)11-5-19-3-4-20-11/h3-5,10,14,23H,6-8,18H2,1-2H3/t10-,14?,16-/m0/s1. The number of nitrogens with one attached hydrogen (secondary N) is 1. The Morgan fingerprint density at radius 2 is 2.27 bits per heavy atom. The third-order valence-corrected chi connectivity index (χ3v) is 6.00. The van der Waals surface area contributed by atoms with Gasteiger partial charge in [-0.15, -0.1) is 11.8 Å². The molecule has 3 atom stereocenters. The van der Waals surface area contributed by atoms with E-state index in [1.807, 2.05) is 4.90 Å². The molecular formula is C16H20FN7OS. The molecule has 2 aliphatic heterocycles. The maximum absolute atomic E-state index is 14.0. The smallest absolute Gasteiger partial charge is 0.255 e.